The van der Waals surface area contributed by atoms with Crippen molar-refractivity contribution >= 4 is 0 Å². The molecule has 0 saturated heterocycles. The van der Waals surface area contributed by atoms with Gasteiger partial charge in [0.25, 0.3) is 0 Å². The van der Waals surface area contributed by atoms with E-state index in [1.54, 1.807) is 0 Å². The molecule has 0 aliphatic heterocycles. The van der Waals surface area contributed by atoms with E-state index >= 15 is 0 Å². The predicted octanol–water partition coefficient (Wildman–Crippen LogP) is 4.42. The van der Waals surface area contributed by atoms with E-state index in [-0.39, 0.29) is 0 Å². The van der Waals surface area contributed by atoms with Crippen molar-refractivity contribution in [1.82, 2.24) is 0 Å². The summed E-state index contributed by atoms with van der Waals surface area (Å²) in [5.74, 6) is 2.89. The Labute approximate surface area is 94.1 Å². The van der Waals surface area contributed by atoms with Gasteiger partial charge < -0.3 is 0 Å². The highest BCUT2D eigenvalue weighted by atomic mass is 14.7. The first kappa shape index (κ1) is 9.93. The zero-order chi connectivity index (χ0) is 10.8. The van der Waals surface area contributed by atoms with Gasteiger partial charge in [-0.15, -0.1) is 0 Å². The number of allylic oxidation sites excluding steroid dienone is 2. The summed E-state index contributed by atoms with van der Waals surface area (Å²) in [5.41, 5.74) is 3.00. The van der Waals surface area contributed by atoms with E-state index in [9.17, 15) is 0 Å². The lowest BCUT2D eigenvalue weighted by Gasteiger charge is -2.45. The maximum absolute atomic E-state index is 2.60. The molecule has 0 aromatic heterocycles. The van der Waals surface area contributed by atoms with Crippen LogP contribution in [-0.4, -0.2) is 0 Å². The van der Waals surface area contributed by atoms with Gasteiger partial charge in [-0.25, -0.2) is 0 Å². The quantitative estimate of drug-likeness (QED) is 0.513. The fourth-order valence-corrected chi connectivity index (χ4v) is 4.96. The fourth-order valence-electron chi connectivity index (χ4n) is 4.96. The Kier molecular flexibility index (Phi) is 1.79. The maximum Gasteiger partial charge on any atom is -0.00544 e. The van der Waals surface area contributed by atoms with E-state index in [1.807, 2.05) is 5.57 Å². The van der Waals surface area contributed by atoms with Crippen LogP contribution in [-0.2, 0) is 0 Å². The number of hydrogen-bond acceptors (Lipinski definition) is 0. The van der Waals surface area contributed by atoms with Crippen molar-refractivity contribution in [2.75, 3.05) is 0 Å². The molecule has 2 saturated carbocycles. The van der Waals surface area contributed by atoms with E-state index in [4.69, 9.17) is 0 Å². The standard InChI is InChI=1S/C15H24/c1-10-6-5-7-11-8-9-12-13(14(12,2)3)15(10,11)4/h8,10,12-13H,5-7,9H2,1-4H3/t10-,12-,13+,15+/m1/s1. The van der Waals surface area contributed by atoms with Gasteiger partial charge in [0.05, 0.1) is 0 Å². The van der Waals surface area contributed by atoms with Gasteiger partial charge in [0, 0.05) is 0 Å². The largest absolute Gasteiger partial charge is 0.0845 e. The maximum atomic E-state index is 2.60. The third-order valence-electron chi connectivity index (χ3n) is 6.11. The Morgan fingerprint density at radius 3 is 2.73 bits per heavy atom. The number of hydrogen-bond donors (Lipinski definition) is 0. The van der Waals surface area contributed by atoms with Crippen LogP contribution in [0.2, 0.25) is 0 Å². The third kappa shape index (κ3) is 1.04. The molecule has 3 aliphatic carbocycles. The molecule has 4 atom stereocenters. The molecular weight excluding hydrogens is 180 g/mol. The van der Waals surface area contributed by atoms with Crippen LogP contribution in [0.1, 0.15) is 53.4 Å². The van der Waals surface area contributed by atoms with Crippen molar-refractivity contribution in [1.29, 1.82) is 0 Å². The highest BCUT2D eigenvalue weighted by Crippen LogP contribution is 2.74. The monoisotopic (exact) mass is 204 g/mol. The van der Waals surface area contributed by atoms with E-state index in [0.29, 0.717) is 10.8 Å². The minimum absolute atomic E-state index is 0.560. The van der Waals surface area contributed by atoms with Crippen molar-refractivity contribution in [3.05, 3.63) is 11.6 Å². The molecule has 0 unspecified atom stereocenters. The third-order valence-corrected chi connectivity index (χ3v) is 6.11. The lowest BCUT2D eigenvalue weighted by atomic mass is 9.59. The van der Waals surface area contributed by atoms with Crippen LogP contribution in [0.15, 0.2) is 11.6 Å². The average molecular weight is 204 g/mol. The van der Waals surface area contributed by atoms with Crippen LogP contribution >= 0.6 is 0 Å². The summed E-state index contributed by atoms with van der Waals surface area (Å²) in [4.78, 5) is 0. The molecular formula is C15H24. The van der Waals surface area contributed by atoms with E-state index in [0.717, 1.165) is 17.8 Å². The van der Waals surface area contributed by atoms with Crippen molar-refractivity contribution in [3.8, 4) is 0 Å². The molecule has 0 aromatic rings. The van der Waals surface area contributed by atoms with E-state index in [1.165, 1.54) is 25.7 Å². The molecule has 0 heteroatoms. The summed E-state index contributed by atoms with van der Waals surface area (Å²) in [6.45, 7) is 10.0. The first-order chi connectivity index (χ1) is 6.99. The van der Waals surface area contributed by atoms with Gasteiger partial charge in [-0.3, -0.25) is 0 Å². The Hall–Kier alpha value is -0.260. The van der Waals surface area contributed by atoms with Crippen molar-refractivity contribution in [2.24, 2.45) is 28.6 Å². The molecule has 0 nitrogen and oxygen atoms in total. The topological polar surface area (TPSA) is 0 Å². The first-order valence-corrected chi connectivity index (χ1v) is 6.68. The second kappa shape index (κ2) is 2.70. The van der Waals surface area contributed by atoms with E-state index in [2.05, 4.69) is 33.8 Å². The molecule has 0 radical (unpaired) electrons. The normalized spacial score (nSPS) is 51.5. The minimum Gasteiger partial charge on any atom is -0.0845 e. The van der Waals surface area contributed by atoms with Crippen LogP contribution in [0.3, 0.4) is 0 Å². The molecule has 2 fully saturated rings. The summed E-state index contributed by atoms with van der Waals surface area (Å²) in [5, 5.41) is 0. The molecule has 0 bridgehead atoms. The zero-order valence-electron chi connectivity index (χ0n) is 10.6. The number of fused-ring (bicyclic) bond motifs is 3. The van der Waals surface area contributed by atoms with Crippen LogP contribution in [0.4, 0.5) is 0 Å². The number of rotatable bonds is 0. The van der Waals surface area contributed by atoms with Gasteiger partial charge in [0.15, 0.2) is 0 Å². The van der Waals surface area contributed by atoms with Crippen LogP contribution < -0.4 is 0 Å². The first-order valence-electron chi connectivity index (χ1n) is 6.68. The second-order valence-corrected chi connectivity index (χ2v) is 6.95. The zero-order valence-corrected chi connectivity index (χ0v) is 10.6. The molecule has 0 N–H and O–H groups in total. The highest BCUT2D eigenvalue weighted by Gasteiger charge is 2.67. The van der Waals surface area contributed by atoms with E-state index < -0.39 is 0 Å². The molecule has 3 aliphatic rings. The van der Waals surface area contributed by atoms with Gasteiger partial charge in [-0.05, 0) is 54.3 Å². The van der Waals surface area contributed by atoms with Gasteiger partial charge in [-0.1, -0.05) is 39.3 Å². The van der Waals surface area contributed by atoms with Crippen LogP contribution in [0.25, 0.3) is 0 Å². The van der Waals surface area contributed by atoms with Crippen molar-refractivity contribution in [2.45, 2.75) is 53.4 Å². The smallest absolute Gasteiger partial charge is 0.00544 e. The Balaban J connectivity index is 2.02. The lowest BCUT2D eigenvalue weighted by Crippen LogP contribution is -2.36. The molecule has 0 heterocycles. The average Bonchev–Trinajstić information content (AvgIpc) is 2.73. The molecule has 0 amide bonds. The summed E-state index contributed by atoms with van der Waals surface area (Å²) in [6.07, 6.45) is 8.24. The van der Waals surface area contributed by atoms with Crippen molar-refractivity contribution < 1.29 is 0 Å². The van der Waals surface area contributed by atoms with Crippen LogP contribution in [0.5, 0.6) is 0 Å². The molecule has 0 spiro atoms. The molecule has 0 aromatic carbocycles. The Bertz CT molecular complexity index is 323. The minimum atomic E-state index is 0.560. The highest BCUT2D eigenvalue weighted by molar-refractivity contribution is 5.31. The summed E-state index contributed by atoms with van der Waals surface area (Å²) in [7, 11) is 0. The van der Waals surface area contributed by atoms with Crippen molar-refractivity contribution in [3.63, 3.8) is 0 Å². The molecule has 15 heavy (non-hydrogen) atoms. The Morgan fingerprint density at radius 1 is 1.27 bits per heavy atom. The van der Waals surface area contributed by atoms with Crippen LogP contribution in [0, 0.1) is 28.6 Å². The summed E-state index contributed by atoms with van der Waals surface area (Å²) >= 11 is 0. The van der Waals surface area contributed by atoms with Gasteiger partial charge in [0.1, 0.15) is 0 Å². The predicted molar refractivity (Wildman–Crippen MR) is 64.6 cm³/mol. The second-order valence-electron chi connectivity index (χ2n) is 6.95. The SMILES string of the molecule is C[C@@H]1CCCC2=CC[C@@H]3[C@@H](C3(C)C)[C@]21C. The van der Waals surface area contributed by atoms with Gasteiger partial charge in [-0.2, -0.15) is 0 Å². The van der Waals surface area contributed by atoms with Gasteiger partial charge >= 0.3 is 0 Å². The fraction of sp³-hybridized carbons (Fsp3) is 0.867. The summed E-state index contributed by atoms with van der Waals surface area (Å²) < 4.78 is 0. The summed E-state index contributed by atoms with van der Waals surface area (Å²) in [6, 6.07) is 0. The van der Waals surface area contributed by atoms with Gasteiger partial charge in [0.2, 0.25) is 0 Å². The Morgan fingerprint density at radius 2 is 2.00 bits per heavy atom. The lowest BCUT2D eigenvalue weighted by molar-refractivity contribution is 0.139. The molecule has 84 valence electrons. The molecule has 3 rings (SSSR count).